The van der Waals surface area contributed by atoms with Crippen LogP contribution in [0.25, 0.3) is 11.1 Å². The van der Waals surface area contributed by atoms with Crippen LogP contribution in [-0.4, -0.2) is 47.9 Å². The van der Waals surface area contributed by atoms with Crippen LogP contribution in [0.3, 0.4) is 0 Å². The number of nitrogens with one attached hydrogen (secondary N) is 1. The number of hydrogen-bond donors (Lipinski definition) is 1. The molecule has 0 saturated carbocycles. The van der Waals surface area contributed by atoms with Crippen LogP contribution in [0.15, 0.2) is 36.4 Å². The van der Waals surface area contributed by atoms with E-state index in [1.54, 1.807) is 4.90 Å². The minimum Gasteiger partial charge on any atom is -0.444 e. The number of carbonyl (C=O) groups excluding carboxylic acids is 3. The van der Waals surface area contributed by atoms with Gasteiger partial charge in [-0.2, -0.15) is 0 Å². The predicted octanol–water partition coefficient (Wildman–Crippen LogP) is 4.18. The fraction of sp³-hybridized carbons (Fsp3) is 0.423. The lowest BCUT2D eigenvalue weighted by Crippen LogP contribution is -2.36. The number of rotatable bonds is 1. The third-order valence-electron chi connectivity index (χ3n) is 6.68. The Labute approximate surface area is 187 Å². The Morgan fingerprint density at radius 1 is 1.00 bits per heavy atom. The van der Waals surface area contributed by atoms with Crippen LogP contribution in [0.5, 0.6) is 0 Å². The van der Waals surface area contributed by atoms with E-state index in [-0.39, 0.29) is 29.6 Å². The molecule has 5 rings (SSSR count). The minimum atomic E-state index is -0.542. The maximum atomic E-state index is 12.9. The fourth-order valence-corrected chi connectivity index (χ4v) is 5.10. The van der Waals surface area contributed by atoms with Crippen molar-refractivity contribution in [2.75, 3.05) is 19.6 Å². The summed E-state index contributed by atoms with van der Waals surface area (Å²) in [5, 5.41) is 3.04. The standard InChI is InChI=1S/C26H28N2O4/c1-26(2,3)32-25(31)28-13-18-12-27-24(30)21-11-17(6-8-19(21)22(18)14-28)16-5-4-15-7-9-23(29)20(15)10-16/h4-6,8,10-11,18,22H,7,9,12-14H2,1-3H3,(H,27,30)/t18-,22-/m1/s1. The molecule has 166 valence electrons. The molecule has 1 aliphatic carbocycles. The van der Waals surface area contributed by atoms with Crippen LogP contribution < -0.4 is 5.32 Å². The Kier molecular flexibility index (Phi) is 4.84. The molecule has 1 N–H and O–H groups in total. The summed E-state index contributed by atoms with van der Waals surface area (Å²) < 4.78 is 5.56. The molecule has 2 atom stereocenters. The molecule has 0 bridgehead atoms. The van der Waals surface area contributed by atoms with Crippen LogP contribution in [0.1, 0.15) is 65.0 Å². The van der Waals surface area contributed by atoms with Crippen molar-refractivity contribution in [3.63, 3.8) is 0 Å². The Morgan fingerprint density at radius 2 is 1.72 bits per heavy atom. The number of carbonyl (C=O) groups is 3. The van der Waals surface area contributed by atoms with Gasteiger partial charge in [0.25, 0.3) is 5.91 Å². The SMILES string of the molecule is CC(C)(C)OC(=O)N1C[C@H]2CNC(=O)c3cc(-c4ccc5c(c4)C(=O)CC5)ccc3[C@@H]2C1. The van der Waals surface area contributed by atoms with Crippen molar-refractivity contribution in [2.24, 2.45) is 5.92 Å². The van der Waals surface area contributed by atoms with Gasteiger partial charge in [0.15, 0.2) is 5.78 Å². The second-order valence-corrected chi connectivity index (χ2v) is 10.1. The van der Waals surface area contributed by atoms with E-state index in [9.17, 15) is 14.4 Å². The van der Waals surface area contributed by atoms with E-state index < -0.39 is 5.60 Å². The second kappa shape index (κ2) is 7.47. The average Bonchev–Trinajstić information content (AvgIpc) is 3.31. The van der Waals surface area contributed by atoms with Crippen molar-refractivity contribution in [1.82, 2.24) is 10.2 Å². The van der Waals surface area contributed by atoms with Crippen molar-refractivity contribution in [2.45, 2.75) is 45.1 Å². The highest BCUT2D eigenvalue weighted by Gasteiger charge is 2.41. The van der Waals surface area contributed by atoms with Crippen LogP contribution in [0.2, 0.25) is 0 Å². The Balaban J connectivity index is 1.46. The molecular formula is C26H28N2O4. The topological polar surface area (TPSA) is 75.7 Å². The number of benzene rings is 2. The molecule has 2 aromatic carbocycles. The van der Waals surface area contributed by atoms with Gasteiger partial charge in [0.05, 0.1) is 0 Å². The molecule has 0 aromatic heterocycles. The number of ether oxygens (including phenoxy) is 1. The molecule has 3 aliphatic rings. The smallest absolute Gasteiger partial charge is 0.410 e. The van der Waals surface area contributed by atoms with E-state index in [0.29, 0.717) is 31.6 Å². The monoisotopic (exact) mass is 432 g/mol. The third-order valence-corrected chi connectivity index (χ3v) is 6.68. The van der Waals surface area contributed by atoms with Gasteiger partial charge in [-0.3, -0.25) is 9.59 Å². The fourth-order valence-electron chi connectivity index (χ4n) is 5.10. The molecular weight excluding hydrogens is 404 g/mol. The number of aryl methyl sites for hydroxylation is 1. The summed E-state index contributed by atoms with van der Waals surface area (Å²) in [6.45, 7) is 7.22. The molecule has 2 aromatic rings. The normalized spacial score (nSPS) is 22.0. The summed E-state index contributed by atoms with van der Waals surface area (Å²) in [7, 11) is 0. The lowest BCUT2D eigenvalue weighted by Gasteiger charge is -2.24. The van der Waals surface area contributed by atoms with E-state index in [0.717, 1.165) is 34.2 Å². The second-order valence-electron chi connectivity index (χ2n) is 10.1. The number of Topliss-reactive ketones (excluding diaryl/α,β-unsaturated/α-hetero) is 1. The van der Waals surface area contributed by atoms with Gasteiger partial charge in [-0.1, -0.05) is 24.3 Å². The van der Waals surface area contributed by atoms with Gasteiger partial charge >= 0.3 is 6.09 Å². The summed E-state index contributed by atoms with van der Waals surface area (Å²) in [5.74, 6) is 0.325. The van der Waals surface area contributed by atoms with Crippen LogP contribution >= 0.6 is 0 Å². The van der Waals surface area contributed by atoms with E-state index in [1.165, 1.54) is 0 Å². The minimum absolute atomic E-state index is 0.0760. The molecule has 6 heteroatoms. The molecule has 0 spiro atoms. The predicted molar refractivity (Wildman–Crippen MR) is 121 cm³/mol. The van der Waals surface area contributed by atoms with E-state index >= 15 is 0 Å². The van der Waals surface area contributed by atoms with Crippen LogP contribution in [-0.2, 0) is 11.2 Å². The van der Waals surface area contributed by atoms with Gasteiger partial charge in [-0.25, -0.2) is 4.79 Å². The summed E-state index contributed by atoms with van der Waals surface area (Å²) >= 11 is 0. The van der Waals surface area contributed by atoms with Gasteiger partial charge in [0, 0.05) is 49.0 Å². The van der Waals surface area contributed by atoms with Crippen molar-refractivity contribution in [3.05, 3.63) is 58.7 Å². The quantitative estimate of drug-likeness (QED) is 0.734. The van der Waals surface area contributed by atoms with Crippen LogP contribution in [0, 0.1) is 5.92 Å². The summed E-state index contributed by atoms with van der Waals surface area (Å²) in [4.78, 5) is 39.4. The summed E-state index contributed by atoms with van der Waals surface area (Å²) in [6, 6.07) is 11.9. The number of ketones is 1. The third kappa shape index (κ3) is 3.68. The molecule has 6 nitrogen and oxygen atoms in total. The lowest BCUT2D eigenvalue weighted by atomic mass is 9.86. The van der Waals surface area contributed by atoms with Crippen molar-refractivity contribution in [1.29, 1.82) is 0 Å². The first-order chi connectivity index (χ1) is 15.2. The van der Waals surface area contributed by atoms with Gasteiger partial charge < -0.3 is 15.0 Å². The molecule has 0 radical (unpaired) electrons. The van der Waals surface area contributed by atoms with Crippen molar-refractivity contribution < 1.29 is 19.1 Å². The highest BCUT2D eigenvalue weighted by molar-refractivity contribution is 6.02. The number of hydrogen-bond acceptors (Lipinski definition) is 4. The first kappa shape index (κ1) is 20.7. The first-order valence-corrected chi connectivity index (χ1v) is 11.3. The average molecular weight is 433 g/mol. The van der Waals surface area contributed by atoms with Gasteiger partial charge in [-0.05, 0) is 61.6 Å². The summed E-state index contributed by atoms with van der Waals surface area (Å²) in [6.07, 6.45) is 1.07. The van der Waals surface area contributed by atoms with E-state index in [4.69, 9.17) is 4.74 Å². The zero-order chi connectivity index (χ0) is 22.6. The van der Waals surface area contributed by atoms with Gasteiger partial charge in [0.2, 0.25) is 0 Å². The van der Waals surface area contributed by atoms with E-state index in [2.05, 4.69) is 5.32 Å². The largest absolute Gasteiger partial charge is 0.444 e. The van der Waals surface area contributed by atoms with E-state index in [1.807, 2.05) is 57.2 Å². The highest BCUT2D eigenvalue weighted by atomic mass is 16.6. The lowest BCUT2D eigenvalue weighted by molar-refractivity contribution is 0.0286. The Morgan fingerprint density at radius 3 is 2.47 bits per heavy atom. The molecule has 1 saturated heterocycles. The zero-order valence-corrected chi connectivity index (χ0v) is 18.7. The maximum absolute atomic E-state index is 12.9. The van der Waals surface area contributed by atoms with Gasteiger partial charge in [0.1, 0.15) is 5.60 Å². The first-order valence-electron chi connectivity index (χ1n) is 11.3. The van der Waals surface area contributed by atoms with Crippen molar-refractivity contribution in [3.8, 4) is 11.1 Å². The number of likely N-dealkylation sites (tertiary alicyclic amines) is 1. The maximum Gasteiger partial charge on any atom is 0.410 e. The highest BCUT2D eigenvalue weighted by Crippen LogP contribution is 2.38. The molecule has 2 heterocycles. The number of nitrogens with zero attached hydrogens (tertiary/aromatic N) is 1. The summed E-state index contributed by atoms with van der Waals surface area (Å²) in [5.41, 5.74) is 4.83. The molecule has 0 unspecified atom stereocenters. The number of fused-ring (bicyclic) bond motifs is 4. The van der Waals surface area contributed by atoms with Gasteiger partial charge in [-0.15, -0.1) is 0 Å². The molecule has 1 fully saturated rings. The Bertz CT molecular complexity index is 1130. The molecule has 2 aliphatic heterocycles. The zero-order valence-electron chi connectivity index (χ0n) is 18.7. The van der Waals surface area contributed by atoms with Crippen molar-refractivity contribution >= 4 is 17.8 Å². The Hall–Kier alpha value is -3.15. The molecule has 2 amide bonds. The number of amides is 2. The van der Waals surface area contributed by atoms with Crippen LogP contribution in [0.4, 0.5) is 4.79 Å². The molecule has 32 heavy (non-hydrogen) atoms.